The van der Waals surface area contributed by atoms with Crippen molar-refractivity contribution in [2.45, 2.75) is 23.9 Å². The van der Waals surface area contributed by atoms with Crippen LogP contribution in [0.5, 0.6) is 0 Å². The number of hydrogen-bond acceptors (Lipinski definition) is 5. The molecule has 0 saturated carbocycles. The minimum Gasteiger partial charge on any atom is -0.353 e. The van der Waals surface area contributed by atoms with Crippen molar-refractivity contribution in [3.8, 4) is 0 Å². The molecule has 0 heterocycles. The largest absolute Gasteiger partial charge is 0.353 e. The molecule has 0 aliphatic heterocycles. The van der Waals surface area contributed by atoms with Crippen LogP contribution >= 0.6 is 11.8 Å². The zero-order chi connectivity index (χ0) is 22.0. The molecule has 30 heavy (non-hydrogen) atoms. The Bertz CT molecular complexity index is 911. The van der Waals surface area contributed by atoms with Gasteiger partial charge in [-0.3, -0.25) is 4.79 Å². The molecular formula is C21H28FN3O3S2. The summed E-state index contributed by atoms with van der Waals surface area (Å²) in [7, 11) is -2.20. The van der Waals surface area contributed by atoms with Crippen molar-refractivity contribution in [3.05, 3.63) is 66.0 Å². The minimum atomic E-state index is -4.15. The maximum absolute atomic E-state index is 13.9. The maximum Gasteiger partial charge on any atom is 0.244 e. The van der Waals surface area contributed by atoms with Gasteiger partial charge in [-0.2, -0.15) is 16.5 Å². The zero-order valence-electron chi connectivity index (χ0n) is 17.2. The molecule has 0 aromatic heterocycles. The van der Waals surface area contributed by atoms with Crippen LogP contribution in [0.1, 0.15) is 12.0 Å². The first-order chi connectivity index (χ1) is 14.3. The number of nitrogens with zero attached hydrogens (tertiary/aromatic N) is 1. The van der Waals surface area contributed by atoms with Crippen LogP contribution < -0.4 is 10.0 Å². The number of nitrogens with one attached hydrogen (secondary N) is 2. The van der Waals surface area contributed by atoms with Gasteiger partial charge in [0.25, 0.3) is 0 Å². The average molecular weight is 454 g/mol. The number of carbonyl (C=O) groups excluding carboxylic acids is 1. The fraction of sp³-hybridized carbons (Fsp3) is 0.381. The molecule has 2 N–H and O–H groups in total. The van der Waals surface area contributed by atoms with E-state index < -0.39 is 32.7 Å². The van der Waals surface area contributed by atoms with E-state index in [0.717, 1.165) is 12.6 Å². The molecule has 0 spiro atoms. The number of thioether (sulfide) groups is 1. The number of amides is 1. The highest BCUT2D eigenvalue weighted by atomic mass is 32.2. The van der Waals surface area contributed by atoms with E-state index in [1.165, 1.54) is 35.5 Å². The summed E-state index contributed by atoms with van der Waals surface area (Å²) < 4.78 is 41.4. The number of rotatable bonds is 12. The number of carbonyl (C=O) groups is 1. The Balaban J connectivity index is 1.93. The first-order valence-corrected chi connectivity index (χ1v) is 12.5. The van der Waals surface area contributed by atoms with Crippen LogP contribution in [-0.4, -0.2) is 57.4 Å². The third kappa shape index (κ3) is 7.71. The van der Waals surface area contributed by atoms with Crippen LogP contribution in [0.15, 0.2) is 59.5 Å². The van der Waals surface area contributed by atoms with E-state index in [0.29, 0.717) is 25.3 Å². The quantitative estimate of drug-likeness (QED) is 0.516. The third-order valence-corrected chi connectivity index (χ3v) is 6.59. The highest BCUT2D eigenvalue weighted by Gasteiger charge is 2.27. The van der Waals surface area contributed by atoms with Crippen molar-refractivity contribution in [1.82, 2.24) is 14.9 Å². The second-order valence-electron chi connectivity index (χ2n) is 6.90. The van der Waals surface area contributed by atoms with Crippen LogP contribution in [0.25, 0.3) is 0 Å². The van der Waals surface area contributed by atoms with Gasteiger partial charge in [-0.25, -0.2) is 12.8 Å². The van der Waals surface area contributed by atoms with Gasteiger partial charge in [0, 0.05) is 19.6 Å². The van der Waals surface area contributed by atoms with Crippen LogP contribution in [0.3, 0.4) is 0 Å². The topological polar surface area (TPSA) is 78.5 Å². The van der Waals surface area contributed by atoms with Crippen molar-refractivity contribution in [2.24, 2.45) is 0 Å². The molecule has 0 saturated heterocycles. The third-order valence-electron chi connectivity index (χ3n) is 4.44. The molecule has 2 aromatic carbocycles. The van der Waals surface area contributed by atoms with E-state index >= 15 is 0 Å². The van der Waals surface area contributed by atoms with Gasteiger partial charge in [0.15, 0.2) is 0 Å². The van der Waals surface area contributed by atoms with Gasteiger partial charge in [0.1, 0.15) is 16.8 Å². The molecule has 2 aromatic rings. The molecule has 164 valence electrons. The van der Waals surface area contributed by atoms with Crippen molar-refractivity contribution < 1.29 is 17.6 Å². The Hall–Kier alpha value is -1.94. The van der Waals surface area contributed by atoms with Gasteiger partial charge in [0.2, 0.25) is 15.9 Å². The number of halogens is 1. The summed E-state index contributed by atoms with van der Waals surface area (Å²) in [6, 6.07) is 14.1. The van der Waals surface area contributed by atoms with Crippen LogP contribution in [0.2, 0.25) is 0 Å². The van der Waals surface area contributed by atoms with Crippen molar-refractivity contribution >= 4 is 27.7 Å². The monoisotopic (exact) mass is 453 g/mol. The Morgan fingerprint density at radius 3 is 2.47 bits per heavy atom. The molecule has 0 fully saturated rings. The van der Waals surface area contributed by atoms with Crippen molar-refractivity contribution in [3.63, 3.8) is 0 Å². The maximum atomic E-state index is 13.9. The first-order valence-electron chi connectivity index (χ1n) is 9.59. The minimum absolute atomic E-state index is 0.306. The summed E-state index contributed by atoms with van der Waals surface area (Å²) in [5, 5.41) is 2.79. The number of benzene rings is 2. The second kappa shape index (κ2) is 12.0. The van der Waals surface area contributed by atoms with Crippen LogP contribution in [0.4, 0.5) is 4.39 Å². The molecule has 2 rings (SSSR count). The summed E-state index contributed by atoms with van der Waals surface area (Å²) in [4.78, 5) is 14.2. The van der Waals surface area contributed by atoms with Gasteiger partial charge < -0.3 is 10.2 Å². The Morgan fingerprint density at radius 1 is 1.13 bits per heavy atom. The van der Waals surface area contributed by atoms with Crippen LogP contribution in [-0.2, 0) is 21.4 Å². The number of hydrogen-bond donors (Lipinski definition) is 2. The lowest BCUT2D eigenvalue weighted by atomic mass is 10.2. The predicted octanol–water partition coefficient (Wildman–Crippen LogP) is 2.47. The molecule has 1 atom stereocenters. The van der Waals surface area contributed by atoms with Crippen molar-refractivity contribution in [1.29, 1.82) is 0 Å². The number of sulfonamides is 1. The highest BCUT2D eigenvalue weighted by molar-refractivity contribution is 7.98. The van der Waals surface area contributed by atoms with Crippen LogP contribution in [0, 0.1) is 5.82 Å². The predicted molar refractivity (Wildman–Crippen MR) is 119 cm³/mol. The lowest BCUT2D eigenvalue weighted by Crippen LogP contribution is -2.48. The molecule has 0 aliphatic carbocycles. The van der Waals surface area contributed by atoms with E-state index in [-0.39, 0.29) is 0 Å². The van der Waals surface area contributed by atoms with E-state index in [2.05, 4.69) is 14.9 Å². The normalized spacial score (nSPS) is 12.7. The Morgan fingerprint density at radius 2 is 1.80 bits per heavy atom. The van der Waals surface area contributed by atoms with Gasteiger partial charge in [-0.15, -0.1) is 0 Å². The SMILES string of the molecule is CSCCC(NS(=O)(=O)c1ccccc1F)C(=O)NCCN(C)Cc1ccccc1. The van der Waals surface area contributed by atoms with E-state index in [4.69, 9.17) is 0 Å². The van der Waals surface area contributed by atoms with Gasteiger partial charge in [-0.1, -0.05) is 42.5 Å². The van der Waals surface area contributed by atoms with E-state index in [1.54, 1.807) is 0 Å². The molecule has 1 amide bonds. The van der Waals surface area contributed by atoms with Gasteiger partial charge in [-0.05, 0) is 43.2 Å². The van der Waals surface area contributed by atoms with Gasteiger partial charge in [0.05, 0.1) is 0 Å². The summed E-state index contributed by atoms with van der Waals surface area (Å²) >= 11 is 1.51. The molecule has 0 aliphatic rings. The summed E-state index contributed by atoms with van der Waals surface area (Å²) in [5.41, 5.74) is 1.17. The molecule has 6 nitrogen and oxygen atoms in total. The number of likely N-dealkylation sites (N-methyl/N-ethyl adjacent to an activating group) is 1. The lowest BCUT2D eigenvalue weighted by molar-refractivity contribution is -0.122. The second-order valence-corrected chi connectivity index (χ2v) is 9.57. The fourth-order valence-electron chi connectivity index (χ4n) is 2.86. The Kier molecular flexibility index (Phi) is 9.77. The highest BCUT2D eigenvalue weighted by Crippen LogP contribution is 2.15. The standard InChI is InChI=1S/C21H28FN3O3S2/c1-25(16-17-8-4-3-5-9-17)14-13-23-21(26)19(12-15-29-2)24-30(27,28)20-11-7-6-10-18(20)22/h3-11,19,24H,12-16H2,1-2H3,(H,23,26). The smallest absolute Gasteiger partial charge is 0.244 e. The zero-order valence-corrected chi connectivity index (χ0v) is 18.8. The molecule has 9 heteroatoms. The van der Waals surface area contributed by atoms with E-state index in [1.807, 2.05) is 43.6 Å². The molecule has 1 unspecified atom stereocenters. The molecule has 0 radical (unpaired) electrons. The van der Waals surface area contributed by atoms with Gasteiger partial charge >= 0.3 is 0 Å². The molecular weight excluding hydrogens is 425 g/mol. The summed E-state index contributed by atoms with van der Waals surface area (Å²) in [5.74, 6) is -0.681. The van der Waals surface area contributed by atoms with E-state index in [9.17, 15) is 17.6 Å². The van der Waals surface area contributed by atoms with Crippen molar-refractivity contribution in [2.75, 3.05) is 32.1 Å². The molecule has 0 bridgehead atoms. The average Bonchev–Trinajstić information content (AvgIpc) is 2.71. The summed E-state index contributed by atoms with van der Waals surface area (Å²) in [6.07, 6.45) is 2.18. The lowest BCUT2D eigenvalue weighted by Gasteiger charge is -2.20. The summed E-state index contributed by atoms with van der Waals surface area (Å²) in [6.45, 7) is 1.72. The fourth-order valence-corrected chi connectivity index (χ4v) is 4.64. The Labute approximate surface area is 182 Å². The first kappa shape index (κ1) is 24.3.